The van der Waals surface area contributed by atoms with Gasteiger partial charge in [0.25, 0.3) is 0 Å². The summed E-state index contributed by atoms with van der Waals surface area (Å²) in [6.45, 7) is 11.7. The SMILES string of the molecule is CCNC(=NCCN1CCC(C)CC1)NC1CCCC(S(=O)CC)C1.I. The van der Waals surface area contributed by atoms with Crippen LogP contribution in [0.15, 0.2) is 4.99 Å². The molecule has 2 aliphatic rings. The quantitative estimate of drug-likeness (QED) is 0.322. The van der Waals surface area contributed by atoms with Gasteiger partial charge in [-0.3, -0.25) is 9.20 Å². The Bertz CT molecular complexity index is 441. The maximum absolute atomic E-state index is 12.1. The molecule has 0 aromatic heterocycles. The van der Waals surface area contributed by atoms with Crippen molar-refractivity contribution in [2.24, 2.45) is 10.9 Å². The molecule has 2 N–H and O–H groups in total. The van der Waals surface area contributed by atoms with Crippen LogP contribution >= 0.6 is 24.0 Å². The molecule has 0 radical (unpaired) electrons. The first kappa shape index (κ1) is 24.1. The van der Waals surface area contributed by atoms with E-state index in [9.17, 15) is 4.21 Å². The normalized spacial score (nSPS) is 26.8. The van der Waals surface area contributed by atoms with Crippen molar-refractivity contribution in [2.45, 2.75) is 70.6 Å². The first-order valence-corrected chi connectivity index (χ1v) is 11.6. The van der Waals surface area contributed by atoms with Gasteiger partial charge in [-0.05, 0) is 58.0 Å². The van der Waals surface area contributed by atoms with Crippen LogP contribution in [0.4, 0.5) is 0 Å². The molecule has 7 heteroatoms. The Balaban J connectivity index is 0.00000338. The molecule has 0 spiro atoms. The van der Waals surface area contributed by atoms with Crippen LogP contribution in [-0.2, 0) is 10.8 Å². The van der Waals surface area contributed by atoms with E-state index in [1.807, 2.05) is 6.92 Å². The zero-order valence-electron chi connectivity index (χ0n) is 16.8. The van der Waals surface area contributed by atoms with Gasteiger partial charge in [-0.25, -0.2) is 0 Å². The number of likely N-dealkylation sites (tertiary alicyclic amines) is 1. The number of nitrogens with zero attached hydrogens (tertiary/aromatic N) is 2. The average Bonchev–Trinajstić information content (AvgIpc) is 2.63. The standard InChI is InChI=1S/C19H38N4OS.HI/c1-4-20-19(21-11-14-23-12-9-16(3)10-13-23)22-17-7-6-8-18(15-17)25(24)5-2;/h16-18H,4-15H2,1-3H3,(H2,20,21,22);1H. The highest BCUT2D eigenvalue weighted by Crippen LogP contribution is 2.23. The molecule has 2 rings (SSSR count). The lowest BCUT2D eigenvalue weighted by Gasteiger charge is -2.31. The van der Waals surface area contributed by atoms with Crippen molar-refractivity contribution in [3.8, 4) is 0 Å². The van der Waals surface area contributed by atoms with Crippen LogP contribution in [0.2, 0.25) is 0 Å². The Hall–Kier alpha value is 0.110. The Labute approximate surface area is 180 Å². The van der Waals surface area contributed by atoms with Gasteiger partial charge in [0, 0.05) is 40.9 Å². The van der Waals surface area contributed by atoms with E-state index < -0.39 is 10.8 Å². The number of nitrogens with one attached hydrogen (secondary N) is 2. The third kappa shape index (κ3) is 8.42. The van der Waals surface area contributed by atoms with Gasteiger partial charge in [-0.15, -0.1) is 24.0 Å². The van der Waals surface area contributed by atoms with E-state index in [1.165, 1.54) is 32.4 Å². The van der Waals surface area contributed by atoms with Crippen LogP contribution in [0.1, 0.15) is 59.3 Å². The van der Waals surface area contributed by atoms with Gasteiger partial charge in [-0.2, -0.15) is 0 Å². The monoisotopic (exact) mass is 498 g/mol. The number of hydrogen-bond donors (Lipinski definition) is 2. The summed E-state index contributed by atoms with van der Waals surface area (Å²) in [6.07, 6.45) is 7.08. The molecule has 154 valence electrons. The topological polar surface area (TPSA) is 56.7 Å². The van der Waals surface area contributed by atoms with Gasteiger partial charge in [0.15, 0.2) is 5.96 Å². The molecule has 1 saturated heterocycles. The molecule has 1 saturated carbocycles. The van der Waals surface area contributed by atoms with Crippen molar-refractivity contribution in [3.05, 3.63) is 0 Å². The molecule has 3 atom stereocenters. The van der Waals surface area contributed by atoms with Gasteiger partial charge in [0.05, 0.1) is 6.54 Å². The second-order valence-corrected chi connectivity index (χ2v) is 9.59. The van der Waals surface area contributed by atoms with E-state index in [4.69, 9.17) is 4.99 Å². The molecule has 0 bridgehead atoms. The maximum atomic E-state index is 12.1. The molecular formula is C19H39IN4OS. The predicted molar refractivity (Wildman–Crippen MR) is 124 cm³/mol. The number of hydrogen-bond acceptors (Lipinski definition) is 3. The summed E-state index contributed by atoms with van der Waals surface area (Å²) >= 11 is 0. The summed E-state index contributed by atoms with van der Waals surface area (Å²) in [5.41, 5.74) is 0. The number of rotatable bonds is 7. The molecule has 3 unspecified atom stereocenters. The van der Waals surface area contributed by atoms with Gasteiger partial charge in [0.2, 0.25) is 0 Å². The molecule has 0 aromatic rings. The predicted octanol–water partition coefficient (Wildman–Crippen LogP) is 2.97. The molecule has 0 amide bonds. The minimum absolute atomic E-state index is 0. The largest absolute Gasteiger partial charge is 0.357 e. The summed E-state index contributed by atoms with van der Waals surface area (Å²) < 4.78 is 12.1. The van der Waals surface area contributed by atoms with Crippen molar-refractivity contribution in [1.82, 2.24) is 15.5 Å². The lowest BCUT2D eigenvalue weighted by Crippen LogP contribution is -2.47. The van der Waals surface area contributed by atoms with Gasteiger partial charge >= 0.3 is 0 Å². The zero-order valence-corrected chi connectivity index (χ0v) is 20.0. The third-order valence-electron chi connectivity index (χ3n) is 5.53. The second-order valence-electron chi connectivity index (χ2n) is 7.58. The fourth-order valence-corrected chi connectivity index (χ4v) is 5.20. The third-order valence-corrected chi connectivity index (χ3v) is 7.27. The van der Waals surface area contributed by atoms with E-state index >= 15 is 0 Å². The summed E-state index contributed by atoms with van der Waals surface area (Å²) in [5, 5.41) is 7.33. The Kier molecular flexibility index (Phi) is 12.4. The zero-order chi connectivity index (χ0) is 18.1. The molecule has 1 heterocycles. The Morgan fingerprint density at radius 2 is 1.92 bits per heavy atom. The van der Waals surface area contributed by atoms with Crippen molar-refractivity contribution < 1.29 is 4.21 Å². The van der Waals surface area contributed by atoms with Crippen LogP contribution < -0.4 is 10.6 Å². The highest BCUT2D eigenvalue weighted by atomic mass is 127. The molecule has 5 nitrogen and oxygen atoms in total. The van der Waals surface area contributed by atoms with Crippen LogP contribution in [0, 0.1) is 5.92 Å². The number of guanidine groups is 1. The molecule has 1 aliphatic heterocycles. The van der Waals surface area contributed by atoms with Crippen molar-refractivity contribution >= 4 is 40.7 Å². The Morgan fingerprint density at radius 1 is 1.19 bits per heavy atom. The number of piperidine rings is 1. The average molecular weight is 499 g/mol. The van der Waals surface area contributed by atoms with E-state index in [0.717, 1.165) is 56.5 Å². The van der Waals surface area contributed by atoms with Crippen LogP contribution in [0.3, 0.4) is 0 Å². The molecule has 0 aromatic carbocycles. The van der Waals surface area contributed by atoms with Gasteiger partial charge in [-0.1, -0.05) is 20.3 Å². The summed E-state index contributed by atoms with van der Waals surface area (Å²) in [6, 6.07) is 0.405. The lowest BCUT2D eigenvalue weighted by atomic mass is 9.95. The summed E-state index contributed by atoms with van der Waals surface area (Å²) in [4.78, 5) is 7.32. The maximum Gasteiger partial charge on any atom is 0.191 e. The van der Waals surface area contributed by atoms with Crippen molar-refractivity contribution in [2.75, 3.05) is 38.5 Å². The molecular weight excluding hydrogens is 459 g/mol. The minimum Gasteiger partial charge on any atom is -0.357 e. The molecule has 1 aliphatic carbocycles. The van der Waals surface area contributed by atoms with Crippen LogP contribution in [0.25, 0.3) is 0 Å². The first-order valence-electron chi connectivity index (χ1n) is 10.3. The van der Waals surface area contributed by atoms with Crippen molar-refractivity contribution in [1.29, 1.82) is 0 Å². The highest BCUT2D eigenvalue weighted by molar-refractivity contribution is 14.0. The van der Waals surface area contributed by atoms with Crippen LogP contribution in [0.5, 0.6) is 0 Å². The highest BCUT2D eigenvalue weighted by Gasteiger charge is 2.26. The van der Waals surface area contributed by atoms with Gasteiger partial charge in [0.1, 0.15) is 0 Å². The summed E-state index contributed by atoms with van der Waals surface area (Å²) in [5.74, 6) is 2.59. The fraction of sp³-hybridized carbons (Fsp3) is 0.947. The van der Waals surface area contributed by atoms with Crippen molar-refractivity contribution in [3.63, 3.8) is 0 Å². The Morgan fingerprint density at radius 3 is 2.58 bits per heavy atom. The molecule has 26 heavy (non-hydrogen) atoms. The minimum atomic E-state index is -0.671. The van der Waals surface area contributed by atoms with Gasteiger partial charge < -0.3 is 15.5 Å². The van der Waals surface area contributed by atoms with E-state index in [1.54, 1.807) is 0 Å². The molecule has 2 fully saturated rings. The van der Waals surface area contributed by atoms with Crippen LogP contribution in [-0.4, -0.2) is 64.8 Å². The second kappa shape index (κ2) is 13.3. The number of aliphatic imine (C=N–C) groups is 1. The number of halogens is 1. The smallest absolute Gasteiger partial charge is 0.191 e. The fourth-order valence-electron chi connectivity index (χ4n) is 3.85. The summed E-state index contributed by atoms with van der Waals surface area (Å²) in [7, 11) is -0.671. The first-order chi connectivity index (χ1) is 12.1. The van der Waals surface area contributed by atoms with E-state index in [0.29, 0.717) is 11.3 Å². The van der Waals surface area contributed by atoms with E-state index in [2.05, 4.69) is 29.4 Å². The van der Waals surface area contributed by atoms with E-state index in [-0.39, 0.29) is 24.0 Å². The lowest BCUT2D eigenvalue weighted by molar-refractivity contribution is 0.197.